The Hall–Kier alpha value is -2.09. The van der Waals surface area contributed by atoms with Gasteiger partial charge in [0.05, 0.1) is 17.1 Å². The molecule has 0 fully saturated rings. The van der Waals surface area contributed by atoms with Crippen LogP contribution in [0.3, 0.4) is 0 Å². The predicted octanol–water partition coefficient (Wildman–Crippen LogP) is 4.01. The van der Waals surface area contributed by atoms with Crippen LogP contribution in [0.5, 0.6) is 0 Å². The van der Waals surface area contributed by atoms with Crippen molar-refractivity contribution in [1.82, 2.24) is 0 Å². The largest absolute Gasteiger partial charge is 0.380 e. The van der Waals surface area contributed by atoms with E-state index < -0.39 is 0 Å². The number of anilines is 1. The highest BCUT2D eigenvalue weighted by atomic mass is 15.0. The van der Waals surface area contributed by atoms with Crippen molar-refractivity contribution in [2.75, 3.05) is 5.32 Å². The van der Waals surface area contributed by atoms with Gasteiger partial charge in [-0.1, -0.05) is 42.5 Å². The third kappa shape index (κ3) is 2.14. The minimum atomic E-state index is 0.396. The van der Waals surface area contributed by atoms with Crippen LogP contribution >= 0.6 is 0 Å². The van der Waals surface area contributed by atoms with Crippen LogP contribution in [-0.2, 0) is 0 Å². The summed E-state index contributed by atoms with van der Waals surface area (Å²) in [5.41, 5.74) is 4.51. The van der Waals surface area contributed by atoms with E-state index in [1.807, 2.05) is 18.2 Å². The lowest BCUT2D eigenvalue weighted by Crippen LogP contribution is -2.18. The summed E-state index contributed by atoms with van der Waals surface area (Å²) in [4.78, 5) is 4.81. The molecular formula is C16H16N2. The highest BCUT2D eigenvalue weighted by Gasteiger charge is 2.15. The summed E-state index contributed by atoms with van der Waals surface area (Å²) in [6.45, 7) is 2.19. The van der Waals surface area contributed by atoms with Crippen LogP contribution in [0.1, 0.15) is 18.9 Å². The molecule has 0 radical (unpaired) electrons. The minimum Gasteiger partial charge on any atom is -0.380 e. The number of fused-ring (bicyclic) bond motifs is 1. The summed E-state index contributed by atoms with van der Waals surface area (Å²) in [7, 11) is 0. The van der Waals surface area contributed by atoms with Crippen molar-refractivity contribution >= 4 is 17.1 Å². The Labute approximate surface area is 107 Å². The third-order valence-corrected chi connectivity index (χ3v) is 3.17. The Kier molecular flexibility index (Phi) is 2.85. The molecule has 0 aliphatic carbocycles. The van der Waals surface area contributed by atoms with Gasteiger partial charge in [-0.3, -0.25) is 4.99 Å². The first-order chi connectivity index (χ1) is 8.83. The van der Waals surface area contributed by atoms with Crippen molar-refractivity contribution in [2.24, 2.45) is 4.99 Å². The molecule has 0 amide bonds. The highest BCUT2D eigenvalue weighted by molar-refractivity contribution is 6.03. The first-order valence-corrected chi connectivity index (χ1v) is 6.31. The van der Waals surface area contributed by atoms with Crippen molar-refractivity contribution < 1.29 is 0 Å². The first-order valence-electron chi connectivity index (χ1n) is 6.31. The SMILES string of the molecule is C[C@H]1CC(c2ccccc2)=Nc2ccccc2N1. The molecule has 3 rings (SSSR count). The first kappa shape index (κ1) is 11.0. The zero-order valence-electron chi connectivity index (χ0n) is 10.4. The molecule has 1 aliphatic rings. The fourth-order valence-electron chi connectivity index (χ4n) is 2.30. The van der Waals surface area contributed by atoms with E-state index in [1.165, 1.54) is 5.56 Å². The lowest BCUT2D eigenvalue weighted by Gasteiger charge is -2.13. The molecule has 1 heterocycles. The molecule has 2 nitrogen and oxygen atoms in total. The predicted molar refractivity (Wildman–Crippen MR) is 76.8 cm³/mol. The van der Waals surface area contributed by atoms with Crippen LogP contribution in [0.2, 0.25) is 0 Å². The lowest BCUT2D eigenvalue weighted by atomic mass is 10.0. The molecule has 1 aliphatic heterocycles. The smallest absolute Gasteiger partial charge is 0.0864 e. The second-order valence-corrected chi connectivity index (χ2v) is 4.69. The summed E-state index contributed by atoms with van der Waals surface area (Å²) in [5.74, 6) is 0. The molecule has 2 aromatic rings. The van der Waals surface area contributed by atoms with E-state index in [0.29, 0.717) is 6.04 Å². The molecule has 1 atom stereocenters. The topological polar surface area (TPSA) is 24.4 Å². The number of nitrogens with zero attached hydrogens (tertiary/aromatic N) is 1. The summed E-state index contributed by atoms with van der Waals surface area (Å²) in [5, 5.41) is 3.51. The maximum atomic E-state index is 4.81. The van der Waals surface area contributed by atoms with Crippen molar-refractivity contribution in [3.63, 3.8) is 0 Å². The zero-order valence-corrected chi connectivity index (χ0v) is 10.4. The molecule has 0 unspecified atom stereocenters. The molecule has 0 spiro atoms. The van der Waals surface area contributed by atoms with E-state index in [9.17, 15) is 0 Å². The second-order valence-electron chi connectivity index (χ2n) is 4.69. The van der Waals surface area contributed by atoms with Crippen molar-refractivity contribution in [1.29, 1.82) is 0 Å². The van der Waals surface area contributed by atoms with Gasteiger partial charge in [0.15, 0.2) is 0 Å². The molecule has 0 saturated carbocycles. The van der Waals surface area contributed by atoms with Crippen LogP contribution in [0, 0.1) is 0 Å². The molecule has 2 aromatic carbocycles. The molecular weight excluding hydrogens is 220 g/mol. The fourth-order valence-corrected chi connectivity index (χ4v) is 2.30. The maximum absolute atomic E-state index is 4.81. The average molecular weight is 236 g/mol. The third-order valence-electron chi connectivity index (χ3n) is 3.17. The van der Waals surface area contributed by atoms with Crippen LogP contribution in [0.15, 0.2) is 59.6 Å². The van der Waals surface area contributed by atoms with Crippen molar-refractivity contribution in [3.8, 4) is 0 Å². The molecule has 90 valence electrons. The van der Waals surface area contributed by atoms with E-state index in [1.54, 1.807) is 0 Å². The highest BCUT2D eigenvalue weighted by Crippen LogP contribution is 2.29. The number of rotatable bonds is 1. The van der Waals surface area contributed by atoms with E-state index in [-0.39, 0.29) is 0 Å². The van der Waals surface area contributed by atoms with Gasteiger partial charge >= 0.3 is 0 Å². The Morgan fingerprint density at radius 1 is 1.00 bits per heavy atom. The van der Waals surface area contributed by atoms with Gasteiger partial charge in [0.25, 0.3) is 0 Å². The van der Waals surface area contributed by atoms with Crippen LogP contribution in [0.4, 0.5) is 11.4 Å². The minimum absolute atomic E-state index is 0.396. The van der Waals surface area contributed by atoms with Gasteiger partial charge in [0, 0.05) is 12.5 Å². The molecule has 0 saturated heterocycles. The van der Waals surface area contributed by atoms with Crippen LogP contribution < -0.4 is 5.32 Å². The lowest BCUT2D eigenvalue weighted by molar-refractivity contribution is 0.844. The van der Waals surface area contributed by atoms with Gasteiger partial charge in [0.1, 0.15) is 0 Å². The monoisotopic (exact) mass is 236 g/mol. The van der Waals surface area contributed by atoms with Gasteiger partial charge in [-0.25, -0.2) is 0 Å². The molecule has 0 aromatic heterocycles. The quantitative estimate of drug-likeness (QED) is 0.794. The average Bonchev–Trinajstić information content (AvgIpc) is 2.57. The molecule has 0 bridgehead atoms. The van der Waals surface area contributed by atoms with E-state index in [0.717, 1.165) is 23.5 Å². The van der Waals surface area contributed by atoms with Crippen molar-refractivity contribution in [2.45, 2.75) is 19.4 Å². The maximum Gasteiger partial charge on any atom is 0.0864 e. The van der Waals surface area contributed by atoms with Gasteiger partial charge < -0.3 is 5.32 Å². The number of aliphatic imine (C=N–C) groups is 1. The van der Waals surface area contributed by atoms with E-state index in [2.05, 4.69) is 48.6 Å². The number of hydrogen-bond donors (Lipinski definition) is 1. The molecule has 2 heteroatoms. The van der Waals surface area contributed by atoms with Gasteiger partial charge in [-0.2, -0.15) is 0 Å². The van der Waals surface area contributed by atoms with Crippen LogP contribution in [-0.4, -0.2) is 11.8 Å². The number of nitrogens with one attached hydrogen (secondary N) is 1. The molecule has 18 heavy (non-hydrogen) atoms. The van der Waals surface area contributed by atoms with Gasteiger partial charge in [0.2, 0.25) is 0 Å². The summed E-state index contributed by atoms with van der Waals surface area (Å²) in [6, 6.07) is 19.0. The Morgan fingerprint density at radius 3 is 2.56 bits per heavy atom. The molecule has 1 N–H and O–H groups in total. The standard InChI is InChI=1S/C16H16N2/c1-12-11-16(13-7-3-2-4-8-13)18-15-10-6-5-9-14(15)17-12/h2-10,12,17H,11H2,1H3/t12-/m0/s1. The second kappa shape index (κ2) is 4.65. The summed E-state index contributed by atoms with van der Waals surface area (Å²) in [6.07, 6.45) is 0.943. The normalized spacial score (nSPS) is 18.3. The van der Waals surface area contributed by atoms with Crippen molar-refractivity contribution in [3.05, 3.63) is 60.2 Å². The van der Waals surface area contributed by atoms with Gasteiger partial charge in [-0.15, -0.1) is 0 Å². The Bertz CT molecular complexity index is 573. The number of hydrogen-bond acceptors (Lipinski definition) is 2. The summed E-state index contributed by atoms with van der Waals surface area (Å²) >= 11 is 0. The fraction of sp³-hybridized carbons (Fsp3) is 0.188. The van der Waals surface area contributed by atoms with E-state index in [4.69, 9.17) is 4.99 Å². The Morgan fingerprint density at radius 2 is 1.72 bits per heavy atom. The number of benzene rings is 2. The van der Waals surface area contributed by atoms with E-state index >= 15 is 0 Å². The zero-order chi connectivity index (χ0) is 12.4. The summed E-state index contributed by atoms with van der Waals surface area (Å²) < 4.78 is 0. The Balaban J connectivity index is 2.08. The van der Waals surface area contributed by atoms with Gasteiger partial charge in [-0.05, 0) is 24.6 Å². The van der Waals surface area contributed by atoms with Crippen LogP contribution in [0.25, 0.3) is 0 Å². The number of para-hydroxylation sites is 2.